The predicted molar refractivity (Wildman–Crippen MR) is 69.7 cm³/mol. The molecule has 2 heterocycles. The van der Waals surface area contributed by atoms with Crippen molar-refractivity contribution in [3.63, 3.8) is 0 Å². The summed E-state index contributed by atoms with van der Waals surface area (Å²) in [4.78, 5) is 20.8. The van der Waals surface area contributed by atoms with Gasteiger partial charge in [-0.25, -0.2) is 4.98 Å². The van der Waals surface area contributed by atoms with Crippen LogP contribution in [0.5, 0.6) is 0 Å². The monoisotopic (exact) mass is 243 g/mol. The average Bonchev–Trinajstić information content (AvgIpc) is 2.77. The molecular formula is C14H17N3O. The minimum absolute atomic E-state index is 0.106. The number of imidazole rings is 1. The highest BCUT2D eigenvalue weighted by atomic mass is 16.1. The van der Waals surface area contributed by atoms with E-state index in [0.29, 0.717) is 11.5 Å². The molecule has 4 heteroatoms. The second kappa shape index (κ2) is 5.12. The molecule has 0 radical (unpaired) electrons. The van der Waals surface area contributed by atoms with E-state index in [1.54, 1.807) is 12.4 Å². The molecule has 0 fully saturated rings. The van der Waals surface area contributed by atoms with Gasteiger partial charge in [0.1, 0.15) is 5.69 Å². The molecule has 18 heavy (non-hydrogen) atoms. The summed E-state index contributed by atoms with van der Waals surface area (Å²) in [5, 5.41) is 0. The molecule has 2 rings (SSSR count). The molecule has 0 aliphatic rings. The van der Waals surface area contributed by atoms with E-state index in [9.17, 15) is 4.79 Å². The van der Waals surface area contributed by atoms with E-state index >= 15 is 0 Å². The first-order chi connectivity index (χ1) is 8.63. The highest BCUT2D eigenvalue weighted by Gasteiger charge is 2.18. The van der Waals surface area contributed by atoms with Gasteiger partial charge in [0.15, 0.2) is 5.82 Å². The van der Waals surface area contributed by atoms with E-state index in [4.69, 9.17) is 0 Å². The number of hydrogen-bond acceptors (Lipinski definition) is 3. The third kappa shape index (κ3) is 2.32. The lowest BCUT2D eigenvalue weighted by molar-refractivity contribution is 0.102. The maximum atomic E-state index is 12.4. The summed E-state index contributed by atoms with van der Waals surface area (Å²) in [5.41, 5.74) is 2.44. The number of carbonyl (C=O) groups excluding carboxylic acids is 1. The molecule has 0 N–H and O–H groups in total. The Labute approximate surface area is 107 Å². The summed E-state index contributed by atoms with van der Waals surface area (Å²) < 4.78 is 1.88. The first-order valence-electron chi connectivity index (χ1n) is 6.12. The van der Waals surface area contributed by atoms with Crippen LogP contribution < -0.4 is 0 Å². The zero-order valence-corrected chi connectivity index (χ0v) is 11.0. The number of ketones is 1. The maximum Gasteiger partial charge on any atom is 0.246 e. The van der Waals surface area contributed by atoms with E-state index in [-0.39, 0.29) is 5.78 Å². The van der Waals surface area contributed by atoms with E-state index in [1.807, 2.05) is 30.7 Å². The molecule has 0 bridgehead atoms. The van der Waals surface area contributed by atoms with Crippen molar-refractivity contribution in [3.8, 4) is 0 Å². The van der Waals surface area contributed by atoms with Crippen molar-refractivity contribution in [3.05, 3.63) is 47.3 Å². The zero-order chi connectivity index (χ0) is 13.1. The summed E-state index contributed by atoms with van der Waals surface area (Å²) in [6, 6.07) is 1.97. The van der Waals surface area contributed by atoms with Crippen LogP contribution in [-0.2, 0) is 6.54 Å². The Bertz CT molecular complexity index is 572. The van der Waals surface area contributed by atoms with Crippen LogP contribution in [0.15, 0.2) is 24.7 Å². The maximum absolute atomic E-state index is 12.4. The molecule has 0 saturated carbocycles. The van der Waals surface area contributed by atoms with Crippen LogP contribution in [0.4, 0.5) is 0 Å². The van der Waals surface area contributed by atoms with Gasteiger partial charge in [0.25, 0.3) is 0 Å². The second-order valence-corrected chi connectivity index (χ2v) is 4.45. The quantitative estimate of drug-likeness (QED) is 0.775. The van der Waals surface area contributed by atoms with Gasteiger partial charge in [0, 0.05) is 25.1 Å². The Morgan fingerprint density at radius 1 is 1.33 bits per heavy atom. The zero-order valence-electron chi connectivity index (χ0n) is 11.0. The number of pyridine rings is 1. The van der Waals surface area contributed by atoms with Crippen molar-refractivity contribution in [2.45, 2.75) is 33.7 Å². The molecule has 0 unspecified atom stereocenters. The Morgan fingerprint density at radius 3 is 2.78 bits per heavy atom. The lowest BCUT2D eigenvalue weighted by atomic mass is 10.1. The van der Waals surface area contributed by atoms with Crippen LogP contribution in [0.1, 0.15) is 40.8 Å². The molecule has 0 atom stereocenters. The first kappa shape index (κ1) is 12.5. The van der Waals surface area contributed by atoms with Gasteiger partial charge in [-0.1, -0.05) is 13.0 Å². The van der Waals surface area contributed by atoms with Crippen LogP contribution >= 0.6 is 0 Å². The molecule has 4 nitrogen and oxygen atoms in total. The fourth-order valence-electron chi connectivity index (χ4n) is 2.00. The first-order valence-corrected chi connectivity index (χ1v) is 6.12. The molecule has 0 saturated heterocycles. The van der Waals surface area contributed by atoms with Gasteiger partial charge < -0.3 is 4.57 Å². The van der Waals surface area contributed by atoms with Crippen LogP contribution in [-0.4, -0.2) is 20.3 Å². The minimum atomic E-state index is -0.106. The predicted octanol–water partition coefficient (Wildman–Crippen LogP) is 2.54. The van der Waals surface area contributed by atoms with Gasteiger partial charge in [-0.15, -0.1) is 0 Å². The third-order valence-corrected chi connectivity index (χ3v) is 2.81. The minimum Gasteiger partial charge on any atom is -0.328 e. The number of carbonyl (C=O) groups is 1. The number of aromatic nitrogens is 3. The van der Waals surface area contributed by atoms with Crippen molar-refractivity contribution in [2.24, 2.45) is 0 Å². The van der Waals surface area contributed by atoms with E-state index < -0.39 is 0 Å². The molecular weight excluding hydrogens is 226 g/mol. The van der Waals surface area contributed by atoms with Crippen molar-refractivity contribution >= 4 is 5.78 Å². The molecule has 2 aromatic heterocycles. The van der Waals surface area contributed by atoms with Gasteiger partial charge in [-0.3, -0.25) is 9.78 Å². The SMILES string of the molecule is CCCn1ccnc1C(=O)c1ncc(C)cc1C. The Kier molecular flexibility index (Phi) is 3.55. The van der Waals surface area contributed by atoms with E-state index in [1.165, 1.54) is 0 Å². The fraction of sp³-hybridized carbons (Fsp3) is 0.357. The molecule has 94 valence electrons. The smallest absolute Gasteiger partial charge is 0.246 e. The number of nitrogens with zero attached hydrogens (tertiary/aromatic N) is 3. The summed E-state index contributed by atoms with van der Waals surface area (Å²) in [6.45, 7) is 6.74. The number of aryl methyl sites for hydroxylation is 3. The van der Waals surface area contributed by atoms with Gasteiger partial charge in [-0.05, 0) is 31.4 Å². The largest absolute Gasteiger partial charge is 0.328 e. The van der Waals surface area contributed by atoms with E-state index in [2.05, 4.69) is 16.9 Å². The molecule has 0 aliphatic heterocycles. The van der Waals surface area contributed by atoms with Crippen LogP contribution in [0.3, 0.4) is 0 Å². The summed E-state index contributed by atoms with van der Waals surface area (Å²) in [6.07, 6.45) is 6.18. The third-order valence-electron chi connectivity index (χ3n) is 2.81. The Balaban J connectivity index is 2.38. The van der Waals surface area contributed by atoms with Crippen molar-refractivity contribution < 1.29 is 4.79 Å². The highest BCUT2D eigenvalue weighted by molar-refractivity contribution is 6.06. The topological polar surface area (TPSA) is 47.8 Å². The lowest BCUT2D eigenvalue weighted by Gasteiger charge is -2.07. The summed E-state index contributed by atoms with van der Waals surface area (Å²) >= 11 is 0. The van der Waals surface area contributed by atoms with Gasteiger partial charge in [0.05, 0.1) is 0 Å². The average molecular weight is 243 g/mol. The van der Waals surface area contributed by atoms with E-state index in [0.717, 1.165) is 24.1 Å². The van der Waals surface area contributed by atoms with Gasteiger partial charge >= 0.3 is 0 Å². The highest BCUT2D eigenvalue weighted by Crippen LogP contribution is 2.12. The lowest BCUT2D eigenvalue weighted by Crippen LogP contribution is -2.14. The molecule has 2 aromatic rings. The number of hydrogen-bond donors (Lipinski definition) is 0. The Morgan fingerprint density at radius 2 is 2.11 bits per heavy atom. The van der Waals surface area contributed by atoms with Crippen LogP contribution in [0, 0.1) is 13.8 Å². The molecule has 0 spiro atoms. The molecule has 0 aromatic carbocycles. The molecule has 0 aliphatic carbocycles. The van der Waals surface area contributed by atoms with Crippen molar-refractivity contribution in [1.82, 2.24) is 14.5 Å². The fourth-order valence-corrected chi connectivity index (χ4v) is 2.00. The van der Waals surface area contributed by atoms with Crippen molar-refractivity contribution in [2.75, 3.05) is 0 Å². The summed E-state index contributed by atoms with van der Waals surface area (Å²) in [5.74, 6) is 0.363. The van der Waals surface area contributed by atoms with Crippen LogP contribution in [0.2, 0.25) is 0 Å². The van der Waals surface area contributed by atoms with Gasteiger partial charge in [0.2, 0.25) is 5.78 Å². The van der Waals surface area contributed by atoms with Gasteiger partial charge in [-0.2, -0.15) is 0 Å². The van der Waals surface area contributed by atoms with Crippen molar-refractivity contribution in [1.29, 1.82) is 0 Å². The normalized spacial score (nSPS) is 10.6. The molecule has 0 amide bonds. The van der Waals surface area contributed by atoms with Crippen LogP contribution in [0.25, 0.3) is 0 Å². The standard InChI is InChI=1S/C14H17N3O/c1-4-6-17-7-5-15-14(17)13(18)12-11(3)8-10(2)9-16-12/h5,7-9H,4,6H2,1-3H3. The Hall–Kier alpha value is -1.97. The summed E-state index contributed by atoms with van der Waals surface area (Å²) in [7, 11) is 0. The number of rotatable bonds is 4. The second-order valence-electron chi connectivity index (χ2n) is 4.45.